The van der Waals surface area contributed by atoms with Gasteiger partial charge in [0.1, 0.15) is 42.7 Å². The van der Waals surface area contributed by atoms with Crippen LogP contribution in [0, 0.1) is 29.6 Å². The fourth-order valence-electron chi connectivity index (χ4n) is 12.6. The Bertz CT molecular complexity index is 4180. The molecule has 0 heterocycles. The van der Waals surface area contributed by atoms with Gasteiger partial charge in [-0.05, 0) is 54.4 Å². The smallest absolute Gasteiger partial charge is 0.327 e. The second kappa shape index (κ2) is 64.6. The van der Waals surface area contributed by atoms with Crippen LogP contribution >= 0.6 is 25.3 Å². The van der Waals surface area contributed by atoms with Gasteiger partial charge in [0, 0.05) is 120 Å². The maximum atomic E-state index is 14.6. The third-order valence-corrected chi connectivity index (χ3v) is 21.6. The van der Waals surface area contributed by atoms with Crippen molar-refractivity contribution in [3.05, 3.63) is 70.8 Å². The van der Waals surface area contributed by atoms with Crippen LogP contribution in [0.25, 0.3) is 0 Å². The van der Waals surface area contributed by atoms with Gasteiger partial charge in [-0.1, -0.05) is 55.5 Å². The van der Waals surface area contributed by atoms with Gasteiger partial charge in [0.05, 0.1) is 112 Å². The summed E-state index contributed by atoms with van der Waals surface area (Å²) >= 11 is 7.76. The van der Waals surface area contributed by atoms with Gasteiger partial charge in [-0.15, -0.1) is 0 Å². The molecule has 0 fully saturated rings. The first-order valence-electron chi connectivity index (χ1n) is 41.8. The van der Waals surface area contributed by atoms with E-state index in [1.54, 1.807) is 36.4 Å². The Morgan fingerprint density at radius 1 is 0.313 bits per heavy atom. The lowest BCUT2D eigenvalue weighted by atomic mass is 9.89. The Balaban J connectivity index is 0.00000207. The molecule has 0 aliphatic heterocycles. The third-order valence-electron chi connectivity index (χ3n) is 20.8. The zero-order valence-electron chi connectivity index (χ0n) is 72.7. The summed E-state index contributed by atoms with van der Waals surface area (Å²) in [4.78, 5) is 253. The summed E-state index contributed by atoms with van der Waals surface area (Å²) in [5.41, 5.74) is 2.31. The first kappa shape index (κ1) is 121. The van der Waals surface area contributed by atoms with E-state index in [1.807, 2.05) is 0 Å². The van der Waals surface area contributed by atoms with Crippen LogP contribution in [-0.2, 0) is 122 Å². The van der Waals surface area contributed by atoms with Crippen LogP contribution in [0.1, 0.15) is 132 Å². The summed E-state index contributed by atoms with van der Waals surface area (Å²) in [7, 11) is 0. The fourth-order valence-corrected chi connectivity index (χ4v) is 13.1. The lowest BCUT2D eigenvalue weighted by Crippen LogP contribution is -2.50. The van der Waals surface area contributed by atoms with Crippen molar-refractivity contribution in [3.8, 4) is 0 Å². The van der Waals surface area contributed by atoms with Crippen LogP contribution in [0.3, 0.4) is 0 Å². The second-order valence-corrected chi connectivity index (χ2v) is 32.0. The van der Waals surface area contributed by atoms with E-state index in [4.69, 9.17) is 25.5 Å². The van der Waals surface area contributed by atoms with E-state index < -0.39 is 388 Å². The van der Waals surface area contributed by atoms with Crippen LogP contribution in [0.15, 0.2) is 48.5 Å². The monoisotopic (exact) mass is 1950 g/mol. The standard InChI is InChI=1S/C60H95N7O30S.C22H27N3O10S/c1-29(44(78)24-68)53(89)41(75)21-62-48(82)13-10-37(40(74)19-34(27-98)60(96)97)67-59(95)33(7-15-52(87)88)18-39(73)36(9-12-49(83)64-23-43(77)55(91)57(93)46(80)26-70)66-58(94)32(6-14-51(85)86)17-38(72)35(65-50(84)16-30-2-4-31(5-3-30)20-61-28-71)8-11-47(81)63-22-42(76)54(90)56(92)45(79)25-69;26-11-23-9-13-3-1-12(2-4-13)5-18(28)24-15(8-20(31)32)17(27)6-14(7-19(29)30)21(33)25-16(10-36)22(34)35/h2-5,28-29,32-37,41-46,53-57,68-70,75-80,89-93,98H,6-27H2,1H3,(H,61,71)(H,62,82)(H,63,81)(H,64,83)(H,65,84)(H,66,94)(H,67,95)(H,85,86)(H,87,88)(H,96,97);1-4,11,14-16,36H,5-10H2,(H,23,26)(H,24,28)(H,25,33)(H,29,30)(H,31,32)(H,34,35)/t29-,32+,33+,34-,35+,36+,37+,41+,42+,43+,44-,45-,46-,53+,54-,55-,56-,57-;14-,15-,16-/m10/s1. The van der Waals surface area contributed by atoms with Crippen LogP contribution < -0.4 is 53.2 Å². The first-order chi connectivity index (χ1) is 63.0. The van der Waals surface area contributed by atoms with E-state index in [2.05, 4.69) is 78.4 Å². The molecule has 21 atom stereocenters. The molecule has 0 aliphatic rings. The average molecular weight is 1950 g/mol. The predicted molar refractivity (Wildman–Crippen MR) is 463 cm³/mol. The van der Waals surface area contributed by atoms with Crippen LogP contribution in [0.2, 0.25) is 0 Å². The van der Waals surface area contributed by atoms with Crippen molar-refractivity contribution < 1.29 is 198 Å². The van der Waals surface area contributed by atoms with Crippen molar-refractivity contribution in [2.24, 2.45) is 29.6 Å². The van der Waals surface area contributed by atoms with E-state index >= 15 is 0 Å². The molecule has 52 heteroatoms. The molecule has 50 nitrogen and oxygen atoms in total. The van der Waals surface area contributed by atoms with Crippen molar-refractivity contribution in [1.82, 2.24) is 53.2 Å². The van der Waals surface area contributed by atoms with Gasteiger partial charge in [0.2, 0.25) is 60.1 Å². The van der Waals surface area contributed by atoms with Gasteiger partial charge < -0.3 is 155 Å². The minimum absolute atomic E-state index is 0.127. The number of aliphatic carboxylic acids is 6. The molecule has 0 unspecified atom stereocenters. The van der Waals surface area contributed by atoms with E-state index in [-0.39, 0.29) is 25.3 Å². The number of thiol groups is 2. The Kier molecular flexibility index (Phi) is 58.3. The average Bonchev–Trinajstić information content (AvgIpc) is 0.866. The molecule has 752 valence electrons. The molecule has 30 N–H and O–H groups in total. The van der Waals surface area contributed by atoms with Crippen molar-refractivity contribution in [2.45, 2.75) is 233 Å². The summed E-state index contributed by atoms with van der Waals surface area (Å²) in [5.74, 6) is -29.4. The highest BCUT2D eigenvalue weighted by Gasteiger charge is 2.39. The number of nitrogens with one attached hydrogen (secondary N) is 10. The number of Topliss-reactive ketones (excluding diaryl/α,β-unsaturated/α-hetero) is 4. The normalized spacial score (nSPS) is 15.9. The van der Waals surface area contributed by atoms with Gasteiger partial charge in [0.15, 0.2) is 23.1 Å². The highest BCUT2D eigenvalue weighted by atomic mass is 32.1. The molecule has 0 aromatic heterocycles. The molecule has 2 aromatic carbocycles. The predicted octanol–water partition coefficient (Wildman–Crippen LogP) is -10.3. The summed E-state index contributed by atoms with van der Waals surface area (Å²) in [6.07, 6.45) is -33.3. The SMILES string of the molecule is C[C@@H]([C@H](O)[C@@H](O)CNC(=O)CC[C@H](NC(=O)[C@@H](CCC(=O)O)CC(=O)[C@H](CCC(=O)NC[C@H](O)[C@@H](O)[C@H](O)[C@H](O)CO)NC(=O)[C@@H](CCC(=O)O)CC(=O)[C@H](CCC(=O)NC[C@H](O)[C@@H](O)[C@H](O)[C@H](O)CO)NC(=O)Cc1ccc(CNC=O)cc1)C(=O)C[C@H](CS)C(=O)O)[C@H](O)CO.O=CNCc1ccc(CC(=O)N[C@@H](CC(=O)O)C(=O)C[C@@H](CC(=O)O)C(=O)N[C@@H](CS)C(=O)O)cc1. The molecular weight excluding hydrogens is 1830 g/mol. The number of rotatable bonds is 71. The van der Waals surface area contributed by atoms with Gasteiger partial charge in [-0.2, -0.15) is 25.3 Å². The molecular formula is C82H122N10O40S2. The van der Waals surface area contributed by atoms with Crippen molar-refractivity contribution in [1.29, 1.82) is 0 Å². The number of carboxylic acids is 6. The number of aliphatic hydroxyl groups is 14. The minimum Gasteiger partial charge on any atom is -0.481 e. The van der Waals surface area contributed by atoms with Gasteiger partial charge in [-0.25, -0.2) is 4.79 Å². The van der Waals surface area contributed by atoms with Crippen molar-refractivity contribution >= 4 is 144 Å². The molecule has 0 saturated heterocycles. The molecule has 10 amide bonds. The van der Waals surface area contributed by atoms with Crippen molar-refractivity contribution in [3.63, 3.8) is 0 Å². The zero-order valence-corrected chi connectivity index (χ0v) is 74.5. The Morgan fingerprint density at radius 3 is 0.940 bits per heavy atom. The second-order valence-electron chi connectivity index (χ2n) is 31.3. The number of hydrogen-bond donors (Lipinski definition) is 32. The summed E-state index contributed by atoms with van der Waals surface area (Å²) in [6, 6.07) is 4.29. The number of amides is 10. The third kappa shape index (κ3) is 47.6. The Labute approximate surface area is 776 Å². The lowest BCUT2D eigenvalue weighted by molar-refractivity contribution is -0.145. The number of hydrogen-bond acceptors (Lipinski definition) is 36. The minimum atomic E-state index is -2.17. The molecule has 2 rings (SSSR count). The number of ketones is 4. The first-order valence-corrected chi connectivity index (χ1v) is 43.0. The van der Waals surface area contributed by atoms with E-state index in [0.29, 0.717) is 29.5 Å². The molecule has 2 aromatic rings. The van der Waals surface area contributed by atoms with E-state index in [1.165, 1.54) is 19.1 Å². The number of carbonyl (C=O) groups excluding carboxylic acids is 14. The molecule has 0 saturated carbocycles. The lowest BCUT2D eigenvalue weighted by Gasteiger charge is -2.27. The number of carbonyl (C=O) groups is 20. The van der Waals surface area contributed by atoms with Gasteiger partial charge in [-0.3, -0.25) is 91.1 Å². The topological polar surface area (TPSA) is 866 Å². The van der Waals surface area contributed by atoms with Crippen LogP contribution in [0.4, 0.5) is 0 Å². The largest absolute Gasteiger partial charge is 0.481 e. The highest BCUT2D eigenvalue weighted by Crippen LogP contribution is 2.24. The zero-order chi connectivity index (χ0) is 102. The Morgan fingerprint density at radius 2 is 0.619 bits per heavy atom. The molecule has 0 spiro atoms. The number of benzene rings is 2. The summed E-state index contributed by atoms with van der Waals surface area (Å²) in [6.45, 7) is -3.44. The Hall–Kier alpha value is -11.2. The van der Waals surface area contributed by atoms with E-state index in [9.17, 15) is 172 Å². The van der Waals surface area contributed by atoms with Crippen molar-refractivity contribution in [2.75, 3.05) is 51.0 Å². The quantitative estimate of drug-likeness (QED) is 0.0216. The fraction of sp³-hybridized carbons (Fsp3) is 0.610. The number of aliphatic hydroxyl groups excluding tert-OH is 14. The summed E-state index contributed by atoms with van der Waals surface area (Å²) < 4.78 is 0. The highest BCUT2D eigenvalue weighted by molar-refractivity contribution is 7.80. The molecule has 0 aliphatic carbocycles. The van der Waals surface area contributed by atoms with Gasteiger partial charge >= 0.3 is 35.8 Å². The maximum absolute atomic E-state index is 14.6. The van der Waals surface area contributed by atoms with E-state index in [0.717, 1.165) is 5.56 Å². The number of carboxylic acid groups (broad SMARTS) is 6. The molecule has 0 radical (unpaired) electrons. The molecule has 0 bridgehead atoms. The maximum Gasteiger partial charge on any atom is 0.327 e. The molecule has 134 heavy (non-hydrogen) atoms. The van der Waals surface area contributed by atoms with Crippen LogP contribution in [0.5, 0.6) is 0 Å². The van der Waals surface area contributed by atoms with Crippen LogP contribution in [-0.4, -0.2) is 369 Å². The van der Waals surface area contributed by atoms with Gasteiger partial charge in [0.25, 0.3) is 0 Å². The summed E-state index contributed by atoms with van der Waals surface area (Å²) in [5, 5.41) is 219.